The van der Waals surface area contributed by atoms with Crippen molar-refractivity contribution in [3.8, 4) is 0 Å². The maximum atomic E-state index is 11.5. The van der Waals surface area contributed by atoms with E-state index in [-0.39, 0.29) is 29.1 Å². The third kappa shape index (κ3) is 4.03. The average molecular weight is 326 g/mol. The molecule has 0 amide bonds. The molecule has 2 rings (SSSR count). The van der Waals surface area contributed by atoms with Gasteiger partial charge in [0, 0.05) is 6.04 Å². The van der Waals surface area contributed by atoms with Crippen LogP contribution in [0.3, 0.4) is 0 Å². The number of nitrogens with one attached hydrogen (secondary N) is 2. The second-order valence-corrected chi connectivity index (χ2v) is 10.4. The fourth-order valence-electron chi connectivity index (χ4n) is 2.51. The molecule has 19 heavy (non-hydrogen) atoms. The van der Waals surface area contributed by atoms with Crippen molar-refractivity contribution in [2.75, 3.05) is 23.0 Å². The number of hydrogen-bond donors (Lipinski definition) is 2. The lowest BCUT2D eigenvalue weighted by molar-refractivity contribution is 0.464. The van der Waals surface area contributed by atoms with Gasteiger partial charge in [-0.1, -0.05) is 0 Å². The van der Waals surface area contributed by atoms with E-state index in [1.54, 1.807) is 0 Å². The van der Waals surface area contributed by atoms with E-state index in [4.69, 9.17) is 12.2 Å². The van der Waals surface area contributed by atoms with Gasteiger partial charge in [-0.25, -0.2) is 16.8 Å². The van der Waals surface area contributed by atoms with E-state index in [9.17, 15) is 16.8 Å². The SMILES string of the molecule is C[C@]1(NC(=S)N[C@H]2CCS(=O)(=O)C2)CCS(=O)(=O)C1. The number of hydrogen-bond acceptors (Lipinski definition) is 5. The van der Waals surface area contributed by atoms with Crippen molar-refractivity contribution in [3.63, 3.8) is 0 Å². The van der Waals surface area contributed by atoms with Crippen LogP contribution < -0.4 is 10.6 Å². The Hall–Kier alpha value is -0.410. The summed E-state index contributed by atoms with van der Waals surface area (Å²) in [6.07, 6.45) is 1.05. The summed E-state index contributed by atoms with van der Waals surface area (Å²) in [4.78, 5) is 0. The van der Waals surface area contributed by atoms with Crippen LogP contribution in [0.25, 0.3) is 0 Å². The first-order valence-corrected chi connectivity index (χ1v) is 10.1. The highest BCUT2D eigenvalue weighted by Crippen LogP contribution is 2.22. The molecular formula is C10H18N2O4S3. The molecule has 2 aliphatic heterocycles. The standard InChI is InChI=1S/C10H18N2O4S3/c1-10(3-5-19(15,16)7-10)12-9(17)11-8-2-4-18(13,14)6-8/h8H,2-7H2,1H3,(H2,11,12,17)/t8-,10-/m0/s1. The van der Waals surface area contributed by atoms with Crippen molar-refractivity contribution < 1.29 is 16.8 Å². The Labute approximate surface area is 119 Å². The molecule has 0 bridgehead atoms. The molecule has 2 atom stereocenters. The van der Waals surface area contributed by atoms with Crippen LogP contribution >= 0.6 is 12.2 Å². The van der Waals surface area contributed by atoms with Crippen LogP contribution in [-0.4, -0.2) is 56.5 Å². The maximum Gasteiger partial charge on any atom is 0.166 e. The molecule has 0 unspecified atom stereocenters. The Morgan fingerprint density at radius 1 is 1.21 bits per heavy atom. The first-order chi connectivity index (χ1) is 8.59. The third-order valence-corrected chi connectivity index (χ3v) is 7.38. The third-order valence-electron chi connectivity index (χ3n) is 3.49. The largest absolute Gasteiger partial charge is 0.359 e. The van der Waals surface area contributed by atoms with E-state index in [2.05, 4.69) is 10.6 Å². The lowest BCUT2D eigenvalue weighted by Crippen LogP contribution is -2.53. The Bertz CT molecular complexity index is 584. The second kappa shape index (κ2) is 4.85. The van der Waals surface area contributed by atoms with Crippen molar-refractivity contribution >= 4 is 37.0 Å². The van der Waals surface area contributed by atoms with Crippen LogP contribution in [0.4, 0.5) is 0 Å². The van der Waals surface area contributed by atoms with Gasteiger partial charge in [0.25, 0.3) is 0 Å². The van der Waals surface area contributed by atoms with Gasteiger partial charge in [0.05, 0.1) is 28.6 Å². The van der Waals surface area contributed by atoms with Crippen molar-refractivity contribution in [1.29, 1.82) is 0 Å². The van der Waals surface area contributed by atoms with E-state index < -0.39 is 25.2 Å². The fourth-order valence-corrected chi connectivity index (χ4v) is 6.69. The Morgan fingerprint density at radius 3 is 2.37 bits per heavy atom. The van der Waals surface area contributed by atoms with Gasteiger partial charge >= 0.3 is 0 Å². The zero-order chi connectivity index (χ0) is 14.3. The minimum atomic E-state index is -2.99. The summed E-state index contributed by atoms with van der Waals surface area (Å²) in [5, 5.41) is 6.31. The van der Waals surface area contributed by atoms with Crippen LogP contribution in [-0.2, 0) is 19.7 Å². The Morgan fingerprint density at radius 2 is 1.89 bits per heavy atom. The quantitative estimate of drug-likeness (QED) is 0.643. The van der Waals surface area contributed by atoms with Crippen molar-refractivity contribution in [2.45, 2.75) is 31.3 Å². The van der Waals surface area contributed by atoms with E-state index in [1.165, 1.54) is 0 Å². The molecule has 0 aromatic rings. The van der Waals surface area contributed by atoms with E-state index >= 15 is 0 Å². The molecular weight excluding hydrogens is 308 g/mol. The summed E-state index contributed by atoms with van der Waals surface area (Å²) < 4.78 is 45.6. The van der Waals surface area contributed by atoms with Gasteiger partial charge in [0.2, 0.25) is 0 Å². The molecule has 0 saturated carbocycles. The lowest BCUT2D eigenvalue weighted by Gasteiger charge is -2.27. The number of thiocarbonyl (C=S) groups is 1. The van der Waals surface area contributed by atoms with Crippen molar-refractivity contribution in [2.24, 2.45) is 0 Å². The van der Waals surface area contributed by atoms with Gasteiger partial charge in [0.1, 0.15) is 0 Å². The highest BCUT2D eigenvalue weighted by Gasteiger charge is 2.39. The molecule has 0 aromatic carbocycles. The fraction of sp³-hybridized carbons (Fsp3) is 0.900. The monoisotopic (exact) mass is 326 g/mol. The summed E-state index contributed by atoms with van der Waals surface area (Å²) in [5.74, 6) is 0.491. The zero-order valence-corrected chi connectivity index (χ0v) is 13.1. The molecule has 6 nitrogen and oxygen atoms in total. The molecule has 9 heteroatoms. The Kier molecular flexibility index (Phi) is 3.83. The molecule has 0 spiro atoms. The van der Waals surface area contributed by atoms with Gasteiger partial charge in [0.15, 0.2) is 24.8 Å². The summed E-state index contributed by atoms with van der Waals surface area (Å²) in [6.45, 7) is 1.82. The van der Waals surface area contributed by atoms with Gasteiger partial charge in [-0.05, 0) is 32.0 Å². The van der Waals surface area contributed by atoms with Crippen LogP contribution in [0.2, 0.25) is 0 Å². The van der Waals surface area contributed by atoms with Crippen LogP contribution in [0, 0.1) is 0 Å². The maximum absolute atomic E-state index is 11.5. The molecule has 2 fully saturated rings. The number of sulfone groups is 2. The molecule has 2 saturated heterocycles. The molecule has 2 aliphatic rings. The first-order valence-electron chi connectivity index (χ1n) is 6.09. The zero-order valence-electron chi connectivity index (χ0n) is 10.7. The molecule has 0 aromatic heterocycles. The van der Waals surface area contributed by atoms with Crippen LogP contribution in [0.5, 0.6) is 0 Å². The van der Waals surface area contributed by atoms with Gasteiger partial charge in [-0.15, -0.1) is 0 Å². The summed E-state index contributed by atoms with van der Waals surface area (Å²) in [5.41, 5.74) is -0.555. The van der Waals surface area contributed by atoms with Crippen LogP contribution in [0.15, 0.2) is 0 Å². The summed E-state index contributed by atoms with van der Waals surface area (Å²) in [7, 11) is -5.94. The van der Waals surface area contributed by atoms with Gasteiger partial charge in [-0.3, -0.25) is 0 Å². The van der Waals surface area contributed by atoms with E-state index in [0.717, 1.165) is 0 Å². The van der Waals surface area contributed by atoms with Crippen molar-refractivity contribution in [3.05, 3.63) is 0 Å². The minimum absolute atomic E-state index is 0.0603. The smallest absolute Gasteiger partial charge is 0.166 e. The molecule has 0 radical (unpaired) electrons. The molecule has 2 heterocycles. The van der Waals surface area contributed by atoms with Crippen molar-refractivity contribution in [1.82, 2.24) is 10.6 Å². The lowest BCUT2D eigenvalue weighted by atomic mass is 10.0. The first kappa shape index (κ1) is 15.0. The molecule has 110 valence electrons. The number of rotatable bonds is 2. The van der Waals surface area contributed by atoms with E-state index in [0.29, 0.717) is 18.0 Å². The van der Waals surface area contributed by atoms with E-state index in [1.807, 2.05) is 6.92 Å². The predicted octanol–water partition coefficient (Wildman–Crippen LogP) is -0.785. The topological polar surface area (TPSA) is 92.3 Å². The van der Waals surface area contributed by atoms with Crippen LogP contribution in [0.1, 0.15) is 19.8 Å². The molecule has 2 N–H and O–H groups in total. The minimum Gasteiger partial charge on any atom is -0.359 e. The van der Waals surface area contributed by atoms with Gasteiger partial charge in [-0.2, -0.15) is 0 Å². The average Bonchev–Trinajstić information content (AvgIpc) is 2.66. The second-order valence-electron chi connectivity index (χ2n) is 5.60. The Balaban J connectivity index is 1.89. The highest BCUT2D eigenvalue weighted by atomic mass is 32.2. The highest BCUT2D eigenvalue weighted by molar-refractivity contribution is 7.92. The molecule has 0 aliphatic carbocycles. The normalized spacial score (nSPS) is 35.9. The summed E-state index contributed by atoms with van der Waals surface area (Å²) in [6, 6.07) is -0.174. The van der Waals surface area contributed by atoms with Gasteiger partial charge < -0.3 is 10.6 Å². The summed E-state index contributed by atoms with van der Waals surface area (Å²) >= 11 is 5.14. The predicted molar refractivity (Wildman–Crippen MR) is 77.6 cm³/mol.